The van der Waals surface area contributed by atoms with E-state index in [9.17, 15) is 4.79 Å². The molecule has 2 amide bonds. The summed E-state index contributed by atoms with van der Waals surface area (Å²) in [5.74, 6) is 1.24. The van der Waals surface area contributed by atoms with Gasteiger partial charge in [0.1, 0.15) is 12.4 Å². The molecule has 1 fully saturated rings. The second kappa shape index (κ2) is 6.05. The molecule has 3 aromatic heterocycles. The summed E-state index contributed by atoms with van der Waals surface area (Å²) in [4.78, 5) is 21.4. The monoisotopic (exact) mass is 338 g/mol. The Morgan fingerprint density at radius 2 is 2.36 bits per heavy atom. The zero-order valence-corrected chi connectivity index (χ0v) is 13.8. The van der Waals surface area contributed by atoms with Crippen molar-refractivity contribution >= 4 is 22.8 Å². The Hall–Kier alpha value is -3.15. The maximum atomic E-state index is 12.2. The zero-order chi connectivity index (χ0) is 17.4. The molecule has 3 aromatic rings. The molecule has 1 aliphatic rings. The van der Waals surface area contributed by atoms with E-state index in [1.165, 1.54) is 0 Å². The summed E-state index contributed by atoms with van der Waals surface area (Å²) in [6.45, 7) is 3.34. The topological polar surface area (TPSA) is 115 Å². The Morgan fingerprint density at radius 3 is 3.16 bits per heavy atom. The number of hydrogen-bond donors (Lipinski definition) is 2. The molecule has 1 aliphatic heterocycles. The van der Waals surface area contributed by atoms with Crippen LogP contribution < -0.4 is 5.32 Å². The number of aromatic amines is 1. The van der Waals surface area contributed by atoms with Crippen LogP contribution in [0, 0.1) is 17.2 Å². The highest BCUT2D eigenvalue weighted by Crippen LogP contribution is 2.34. The summed E-state index contributed by atoms with van der Waals surface area (Å²) in [6.07, 6.45) is 4.47. The molecule has 0 aromatic carbocycles. The number of nitriles is 1. The Balaban J connectivity index is 1.71. The first-order valence-electron chi connectivity index (χ1n) is 8.29. The molecular weight excluding hydrogens is 320 g/mol. The third kappa shape index (κ3) is 2.46. The average molecular weight is 338 g/mol. The lowest BCUT2D eigenvalue weighted by molar-refractivity contribution is 0.208. The summed E-state index contributed by atoms with van der Waals surface area (Å²) < 4.78 is 2.02. The minimum absolute atomic E-state index is 0.0142. The highest BCUT2D eigenvalue weighted by molar-refractivity contribution is 5.75. The van der Waals surface area contributed by atoms with Crippen LogP contribution in [0.2, 0.25) is 0 Å². The third-order valence-corrected chi connectivity index (χ3v) is 4.87. The molecule has 25 heavy (non-hydrogen) atoms. The lowest BCUT2D eigenvalue weighted by Gasteiger charge is -2.15. The van der Waals surface area contributed by atoms with Gasteiger partial charge in [-0.05, 0) is 12.0 Å². The lowest BCUT2D eigenvalue weighted by atomic mass is 9.93. The number of aromatic nitrogens is 5. The molecule has 2 atom stereocenters. The number of nitrogens with one attached hydrogen (secondary N) is 2. The van der Waals surface area contributed by atoms with Gasteiger partial charge in [-0.3, -0.25) is 4.40 Å². The van der Waals surface area contributed by atoms with Gasteiger partial charge < -0.3 is 15.2 Å². The molecule has 0 bridgehead atoms. The first-order valence-corrected chi connectivity index (χ1v) is 8.29. The Kier molecular flexibility index (Phi) is 3.72. The predicted octanol–water partition coefficient (Wildman–Crippen LogP) is 1.26. The van der Waals surface area contributed by atoms with E-state index in [4.69, 9.17) is 5.26 Å². The molecule has 0 radical (unpaired) electrons. The molecule has 0 saturated carbocycles. The summed E-state index contributed by atoms with van der Waals surface area (Å²) in [5, 5.41) is 19.9. The first-order chi connectivity index (χ1) is 12.2. The molecule has 2 N–H and O–H groups in total. The smallest absolute Gasteiger partial charge is 0.318 e. The van der Waals surface area contributed by atoms with E-state index in [1.54, 1.807) is 11.1 Å². The molecule has 9 nitrogen and oxygen atoms in total. The van der Waals surface area contributed by atoms with Crippen LogP contribution in [0.5, 0.6) is 0 Å². The van der Waals surface area contributed by atoms with Crippen molar-refractivity contribution in [1.29, 1.82) is 5.26 Å². The SMILES string of the molecule is CC[C@@H]1CN(C(=O)NCC#N)C[C@@H]1c1nnc2cnc3[nH]ccc3n12. The Bertz CT molecular complexity index is 967. The maximum Gasteiger partial charge on any atom is 0.318 e. The third-order valence-electron chi connectivity index (χ3n) is 4.87. The van der Waals surface area contributed by atoms with Gasteiger partial charge in [0.25, 0.3) is 0 Å². The summed E-state index contributed by atoms with van der Waals surface area (Å²) >= 11 is 0. The second-order valence-electron chi connectivity index (χ2n) is 6.22. The lowest BCUT2D eigenvalue weighted by Crippen LogP contribution is -2.38. The van der Waals surface area contributed by atoms with Crippen LogP contribution in [0.25, 0.3) is 16.8 Å². The van der Waals surface area contributed by atoms with Gasteiger partial charge in [-0.1, -0.05) is 13.3 Å². The number of nitrogens with zero attached hydrogens (tertiary/aromatic N) is 6. The molecule has 4 heterocycles. The Labute approximate surface area is 143 Å². The van der Waals surface area contributed by atoms with Gasteiger partial charge in [-0.15, -0.1) is 10.2 Å². The van der Waals surface area contributed by atoms with Crippen LogP contribution in [-0.2, 0) is 0 Å². The molecule has 0 aliphatic carbocycles. The van der Waals surface area contributed by atoms with Crippen LogP contribution in [0.15, 0.2) is 18.5 Å². The van der Waals surface area contributed by atoms with E-state index in [0.29, 0.717) is 24.7 Å². The van der Waals surface area contributed by atoms with Crippen molar-refractivity contribution in [1.82, 2.24) is 34.8 Å². The average Bonchev–Trinajstić information content (AvgIpc) is 3.34. The van der Waals surface area contributed by atoms with Crippen molar-refractivity contribution in [2.75, 3.05) is 19.6 Å². The standard InChI is InChI=1S/C16H18N8O/c1-2-10-8-23(16(25)19-6-4-17)9-11(10)15-22-21-13-7-20-14-12(24(13)15)3-5-18-14/h3,5,7,10-11,18H,2,6,8-9H2,1H3,(H,19,25)/t10-,11+/m1/s1. The number of carbonyl (C=O) groups is 1. The van der Waals surface area contributed by atoms with E-state index in [-0.39, 0.29) is 18.5 Å². The number of amides is 2. The summed E-state index contributed by atoms with van der Waals surface area (Å²) in [6, 6.07) is 3.68. The van der Waals surface area contributed by atoms with Crippen molar-refractivity contribution in [3.8, 4) is 6.07 Å². The highest BCUT2D eigenvalue weighted by atomic mass is 16.2. The fraction of sp³-hybridized carbons (Fsp3) is 0.438. The number of rotatable bonds is 3. The fourth-order valence-corrected chi connectivity index (χ4v) is 3.61. The van der Waals surface area contributed by atoms with E-state index in [0.717, 1.165) is 23.4 Å². The van der Waals surface area contributed by atoms with Crippen molar-refractivity contribution in [3.63, 3.8) is 0 Å². The zero-order valence-electron chi connectivity index (χ0n) is 13.8. The molecule has 1 saturated heterocycles. The van der Waals surface area contributed by atoms with E-state index >= 15 is 0 Å². The van der Waals surface area contributed by atoms with Crippen LogP contribution in [0.4, 0.5) is 4.79 Å². The normalized spacial score (nSPS) is 20.2. The quantitative estimate of drug-likeness (QED) is 0.698. The summed E-state index contributed by atoms with van der Waals surface area (Å²) in [7, 11) is 0. The van der Waals surface area contributed by atoms with Crippen molar-refractivity contribution in [3.05, 3.63) is 24.3 Å². The van der Waals surface area contributed by atoms with Gasteiger partial charge in [-0.2, -0.15) is 5.26 Å². The minimum atomic E-state index is -0.204. The van der Waals surface area contributed by atoms with Gasteiger partial charge in [-0.25, -0.2) is 9.78 Å². The van der Waals surface area contributed by atoms with Gasteiger partial charge >= 0.3 is 6.03 Å². The van der Waals surface area contributed by atoms with Gasteiger partial charge in [0.15, 0.2) is 11.3 Å². The van der Waals surface area contributed by atoms with Crippen molar-refractivity contribution in [2.45, 2.75) is 19.3 Å². The summed E-state index contributed by atoms with van der Waals surface area (Å²) in [5.41, 5.74) is 2.41. The Morgan fingerprint density at radius 1 is 1.48 bits per heavy atom. The molecule has 0 unspecified atom stereocenters. The number of fused-ring (bicyclic) bond motifs is 3. The van der Waals surface area contributed by atoms with Gasteiger partial charge in [0.2, 0.25) is 0 Å². The minimum Gasteiger partial charge on any atom is -0.345 e. The highest BCUT2D eigenvalue weighted by Gasteiger charge is 2.38. The van der Waals surface area contributed by atoms with Gasteiger partial charge in [0, 0.05) is 25.2 Å². The number of carbonyl (C=O) groups excluding carboxylic acids is 1. The van der Waals surface area contributed by atoms with Crippen molar-refractivity contribution in [2.24, 2.45) is 5.92 Å². The number of likely N-dealkylation sites (tertiary alicyclic amines) is 1. The maximum absolute atomic E-state index is 12.2. The van der Waals surface area contributed by atoms with Gasteiger partial charge in [0.05, 0.1) is 17.8 Å². The van der Waals surface area contributed by atoms with E-state index in [1.807, 2.05) is 22.7 Å². The van der Waals surface area contributed by atoms with Crippen LogP contribution >= 0.6 is 0 Å². The molecule has 0 spiro atoms. The van der Waals surface area contributed by atoms with Crippen LogP contribution in [0.3, 0.4) is 0 Å². The molecule has 4 rings (SSSR count). The number of urea groups is 1. The predicted molar refractivity (Wildman–Crippen MR) is 89.7 cm³/mol. The molecule has 128 valence electrons. The van der Waals surface area contributed by atoms with Crippen molar-refractivity contribution < 1.29 is 4.79 Å². The molecular formula is C16H18N8O. The largest absolute Gasteiger partial charge is 0.345 e. The van der Waals surface area contributed by atoms with E-state index in [2.05, 4.69) is 32.4 Å². The number of H-pyrrole nitrogens is 1. The van der Waals surface area contributed by atoms with E-state index < -0.39 is 0 Å². The fourth-order valence-electron chi connectivity index (χ4n) is 3.61. The second-order valence-corrected chi connectivity index (χ2v) is 6.22. The number of hydrogen-bond acceptors (Lipinski definition) is 5. The first kappa shape index (κ1) is 15.4. The van der Waals surface area contributed by atoms with Crippen LogP contribution in [-0.4, -0.2) is 55.1 Å². The molecule has 9 heteroatoms. The van der Waals surface area contributed by atoms with Crippen LogP contribution in [0.1, 0.15) is 25.1 Å².